The number of carboxylic acid groups (broad SMARTS) is 1. The minimum atomic E-state index is -1.16. The molecule has 1 saturated heterocycles. The Bertz CT molecular complexity index is 1270. The van der Waals surface area contributed by atoms with Crippen molar-refractivity contribution in [2.45, 2.75) is 50.5 Å². The highest BCUT2D eigenvalue weighted by Gasteiger charge is 2.48. The Morgan fingerprint density at radius 3 is 2.27 bits per heavy atom. The normalized spacial score (nSPS) is 20.6. The van der Waals surface area contributed by atoms with E-state index in [9.17, 15) is 23.5 Å². The molecule has 3 aromatic rings. The average Bonchev–Trinajstić information content (AvgIpc) is 2.87. The minimum absolute atomic E-state index is 0.0761. The predicted octanol–water partition coefficient (Wildman–Crippen LogP) is 6.78. The molecular formula is C28H25Cl2F2NO4. The van der Waals surface area contributed by atoms with Gasteiger partial charge in [0.05, 0.1) is 11.1 Å². The number of rotatable bonds is 8. The van der Waals surface area contributed by atoms with E-state index in [1.165, 1.54) is 29.2 Å². The van der Waals surface area contributed by atoms with Crippen molar-refractivity contribution in [1.29, 1.82) is 0 Å². The van der Waals surface area contributed by atoms with Crippen molar-refractivity contribution in [1.82, 2.24) is 4.90 Å². The number of aliphatic carboxylic acids is 1. The molecule has 0 spiro atoms. The first-order chi connectivity index (χ1) is 17.7. The first kappa shape index (κ1) is 27.0. The third-order valence-electron chi connectivity index (χ3n) is 6.43. The van der Waals surface area contributed by atoms with Crippen LogP contribution in [0.3, 0.4) is 0 Å². The van der Waals surface area contributed by atoms with E-state index < -0.39 is 47.8 Å². The number of morpholine rings is 1. The van der Waals surface area contributed by atoms with Crippen LogP contribution < -0.4 is 0 Å². The van der Waals surface area contributed by atoms with Gasteiger partial charge >= 0.3 is 5.97 Å². The number of carbonyl (C=O) groups excluding carboxylic acids is 1. The summed E-state index contributed by atoms with van der Waals surface area (Å²) in [5.74, 6) is -2.76. The Kier molecular flexibility index (Phi) is 8.47. The van der Waals surface area contributed by atoms with E-state index >= 15 is 0 Å². The number of benzene rings is 3. The topological polar surface area (TPSA) is 66.8 Å². The highest BCUT2D eigenvalue weighted by molar-refractivity contribution is 6.30. The molecule has 194 valence electrons. The van der Waals surface area contributed by atoms with Gasteiger partial charge in [0.1, 0.15) is 29.9 Å². The van der Waals surface area contributed by atoms with E-state index in [4.69, 9.17) is 27.9 Å². The Balaban J connectivity index is 1.87. The maximum Gasteiger partial charge on any atom is 0.326 e. The van der Waals surface area contributed by atoms with Crippen molar-refractivity contribution < 1.29 is 28.2 Å². The molecule has 1 fully saturated rings. The van der Waals surface area contributed by atoms with Crippen LogP contribution in [-0.4, -0.2) is 34.0 Å². The van der Waals surface area contributed by atoms with Crippen LogP contribution in [0.4, 0.5) is 8.78 Å². The second-order valence-electron chi connectivity index (χ2n) is 8.93. The molecule has 3 aromatic carbocycles. The van der Waals surface area contributed by atoms with Crippen molar-refractivity contribution in [3.8, 4) is 0 Å². The van der Waals surface area contributed by atoms with Crippen LogP contribution in [0, 0.1) is 11.6 Å². The summed E-state index contributed by atoms with van der Waals surface area (Å²) in [6.07, 6.45) is -1.21. The summed E-state index contributed by atoms with van der Waals surface area (Å²) >= 11 is 12.0. The van der Waals surface area contributed by atoms with Crippen LogP contribution in [0.25, 0.3) is 0 Å². The number of hydrogen-bond acceptors (Lipinski definition) is 3. The summed E-state index contributed by atoms with van der Waals surface area (Å²) in [6, 6.07) is 14.5. The zero-order chi connectivity index (χ0) is 26.7. The Morgan fingerprint density at radius 2 is 1.68 bits per heavy atom. The molecule has 0 bridgehead atoms. The van der Waals surface area contributed by atoms with Crippen molar-refractivity contribution in [3.05, 3.63) is 105 Å². The molecular weight excluding hydrogens is 523 g/mol. The molecule has 1 amide bonds. The van der Waals surface area contributed by atoms with Gasteiger partial charge in [-0.1, -0.05) is 66.9 Å². The Labute approximate surface area is 223 Å². The van der Waals surface area contributed by atoms with Crippen LogP contribution in [0.2, 0.25) is 10.0 Å². The van der Waals surface area contributed by atoms with Gasteiger partial charge in [-0.25, -0.2) is 13.6 Å². The molecule has 0 aromatic heterocycles. The zero-order valence-electron chi connectivity index (χ0n) is 19.9. The van der Waals surface area contributed by atoms with E-state index in [-0.39, 0.29) is 17.9 Å². The number of halogens is 4. The standard InChI is InChI=1S/C28H25Cl2F2NO4/c1-2-3-23(28(35)36)33-25(17-6-9-19(29)10-7-17)26(18-8-13-21(30)22(32)15-18)37-24(27(33)34)14-16-4-11-20(31)12-5-16/h4-13,15,23-26H,2-3,14H2,1H3,(H,35,36)/t23-,24-,25+,26-/m0/s1. The maximum absolute atomic E-state index is 14.6. The summed E-state index contributed by atoms with van der Waals surface area (Å²) in [7, 11) is 0. The van der Waals surface area contributed by atoms with E-state index in [2.05, 4.69) is 0 Å². The van der Waals surface area contributed by atoms with Gasteiger partial charge in [-0.3, -0.25) is 4.79 Å². The van der Waals surface area contributed by atoms with E-state index in [1.807, 2.05) is 6.92 Å². The Hall–Kier alpha value is -3.00. The molecule has 0 radical (unpaired) electrons. The van der Waals surface area contributed by atoms with E-state index in [1.54, 1.807) is 42.5 Å². The first-order valence-corrected chi connectivity index (χ1v) is 12.6. The monoisotopic (exact) mass is 547 g/mol. The lowest BCUT2D eigenvalue weighted by Crippen LogP contribution is -2.57. The largest absolute Gasteiger partial charge is 0.480 e. The summed E-state index contributed by atoms with van der Waals surface area (Å²) < 4.78 is 34.4. The molecule has 1 N–H and O–H groups in total. The van der Waals surface area contributed by atoms with Gasteiger partial charge in [-0.15, -0.1) is 0 Å². The summed E-state index contributed by atoms with van der Waals surface area (Å²) in [5, 5.41) is 10.5. The van der Waals surface area contributed by atoms with Gasteiger partial charge in [-0.2, -0.15) is 0 Å². The van der Waals surface area contributed by atoms with E-state index in [0.29, 0.717) is 28.1 Å². The molecule has 1 aliphatic rings. The number of carbonyl (C=O) groups is 2. The van der Waals surface area contributed by atoms with Gasteiger partial charge in [-0.05, 0) is 59.5 Å². The number of hydrogen-bond donors (Lipinski definition) is 1. The lowest BCUT2D eigenvalue weighted by molar-refractivity contribution is -0.184. The fourth-order valence-electron chi connectivity index (χ4n) is 4.68. The molecule has 5 nitrogen and oxygen atoms in total. The molecule has 9 heteroatoms. The molecule has 1 heterocycles. The second kappa shape index (κ2) is 11.6. The van der Waals surface area contributed by atoms with Crippen LogP contribution >= 0.6 is 23.2 Å². The average molecular weight is 548 g/mol. The molecule has 4 atom stereocenters. The minimum Gasteiger partial charge on any atom is -0.480 e. The lowest BCUT2D eigenvalue weighted by Gasteiger charge is -2.47. The van der Waals surface area contributed by atoms with Crippen LogP contribution in [0.15, 0.2) is 66.7 Å². The predicted molar refractivity (Wildman–Crippen MR) is 136 cm³/mol. The van der Waals surface area contributed by atoms with Gasteiger partial charge in [0.2, 0.25) is 0 Å². The number of amides is 1. The highest BCUT2D eigenvalue weighted by Crippen LogP contribution is 2.44. The smallest absolute Gasteiger partial charge is 0.326 e. The molecule has 0 saturated carbocycles. The van der Waals surface area contributed by atoms with E-state index in [0.717, 1.165) is 0 Å². The summed E-state index contributed by atoms with van der Waals surface area (Å²) in [6.45, 7) is 1.83. The molecule has 0 aliphatic carbocycles. The summed E-state index contributed by atoms with van der Waals surface area (Å²) in [5.41, 5.74) is 1.61. The second-order valence-corrected chi connectivity index (χ2v) is 9.78. The molecule has 0 unspecified atom stereocenters. The zero-order valence-corrected chi connectivity index (χ0v) is 21.4. The highest BCUT2D eigenvalue weighted by atomic mass is 35.5. The Morgan fingerprint density at radius 1 is 1.03 bits per heavy atom. The lowest BCUT2D eigenvalue weighted by atomic mass is 9.88. The number of nitrogens with zero attached hydrogens (tertiary/aromatic N) is 1. The number of ether oxygens (including phenoxy) is 1. The van der Waals surface area contributed by atoms with Crippen LogP contribution in [0.1, 0.15) is 48.6 Å². The van der Waals surface area contributed by atoms with Gasteiger partial charge in [0.15, 0.2) is 0 Å². The molecule has 37 heavy (non-hydrogen) atoms. The van der Waals surface area contributed by atoms with Crippen LogP contribution in [0.5, 0.6) is 0 Å². The molecule has 1 aliphatic heterocycles. The van der Waals surface area contributed by atoms with Gasteiger partial charge in [0.25, 0.3) is 5.91 Å². The first-order valence-electron chi connectivity index (χ1n) is 11.8. The third-order valence-corrected chi connectivity index (χ3v) is 6.99. The summed E-state index contributed by atoms with van der Waals surface area (Å²) in [4.78, 5) is 27.7. The van der Waals surface area contributed by atoms with Crippen molar-refractivity contribution in [3.63, 3.8) is 0 Å². The molecule has 4 rings (SSSR count). The fourth-order valence-corrected chi connectivity index (χ4v) is 4.92. The van der Waals surface area contributed by atoms with Crippen LogP contribution in [-0.2, 0) is 20.7 Å². The van der Waals surface area contributed by atoms with Crippen molar-refractivity contribution >= 4 is 35.1 Å². The maximum atomic E-state index is 14.6. The quantitative estimate of drug-likeness (QED) is 0.337. The van der Waals surface area contributed by atoms with Gasteiger partial charge < -0.3 is 14.7 Å². The van der Waals surface area contributed by atoms with Crippen molar-refractivity contribution in [2.24, 2.45) is 0 Å². The van der Waals surface area contributed by atoms with Gasteiger partial charge in [0, 0.05) is 11.4 Å². The number of carboxylic acids is 1. The SMILES string of the molecule is CCC[C@@H](C(=O)O)N1C(=O)[C@H](Cc2ccc(F)cc2)O[C@@H](c2ccc(Cl)c(F)c2)[C@H]1c1ccc(Cl)cc1. The fraction of sp³-hybridized carbons (Fsp3) is 0.286. The third kappa shape index (κ3) is 5.95. The van der Waals surface area contributed by atoms with Crippen molar-refractivity contribution in [2.75, 3.05) is 0 Å².